The molecule has 1 saturated carbocycles. The Balaban J connectivity index is 1.58. The Hall–Kier alpha value is -2.34. The van der Waals surface area contributed by atoms with Gasteiger partial charge in [-0.15, -0.1) is 0 Å². The van der Waals surface area contributed by atoms with Crippen LogP contribution in [0.2, 0.25) is 0 Å². The van der Waals surface area contributed by atoms with Crippen LogP contribution in [-0.4, -0.2) is 50.6 Å². The monoisotopic (exact) mass is 352 g/mol. The summed E-state index contributed by atoms with van der Waals surface area (Å²) < 4.78 is 0. The number of pyridine rings is 1. The fourth-order valence-corrected chi connectivity index (χ4v) is 4.98. The maximum atomic E-state index is 13.1. The molecule has 1 aliphatic heterocycles. The van der Waals surface area contributed by atoms with Crippen LogP contribution in [0.1, 0.15) is 36.3 Å². The number of hydrogen-bond donors (Lipinski definition) is 1. The molecule has 0 radical (unpaired) electrons. The summed E-state index contributed by atoms with van der Waals surface area (Å²) >= 11 is 0. The van der Waals surface area contributed by atoms with Crippen molar-refractivity contribution in [3.63, 3.8) is 0 Å². The van der Waals surface area contributed by atoms with E-state index in [1.807, 2.05) is 24.0 Å². The van der Waals surface area contributed by atoms with Crippen molar-refractivity contribution >= 4 is 5.91 Å². The highest BCUT2D eigenvalue weighted by Crippen LogP contribution is 2.62. The average molecular weight is 352 g/mol. The third-order valence-electron chi connectivity index (χ3n) is 6.13. The third-order valence-corrected chi connectivity index (χ3v) is 6.13. The molecule has 26 heavy (non-hydrogen) atoms. The first-order valence-corrected chi connectivity index (χ1v) is 9.00. The van der Waals surface area contributed by atoms with Crippen molar-refractivity contribution < 1.29 is 9.90 Å². The molecule has 0 aromatic carbocycles. The first-order valence-electron chi connectivity index (χ1n) is 9.00. The Morgan fingerprint density at radius 2 is 2.19 bits per heavy atom. The van der Waals surface area contributed by atoms with E-state index < -0.39 is 0 Å². The second-order valence-corrected chi connectivity index (χ2v) is 8.36. The molecule has 1 N–H and O–H groups in total. The number of aromatic nitrogens is 3. The zero-order valence-electron chi connectivity index (χ0n) is 15.4. The normalized spacial score (nSPS) is 26.3. The lowest BCUT2D eigenvalue weighted by atomic mass is 9.48. The fourth-order valence-electron chi connectivity index (χ4n) is 4.98. The number of fused-ring (bicyclic) bond motifs is 1. The summed E-state index contributed by atoms with van der Waals surface area (Å²) in [7, 11) is 0. The number of nitrogens with zero attached hydrogens (tertiary/aromatic N) is 4. The molecular weight excluding hydrogens is 328 g/mol. The Morgan fingerprint density at radius 1 is 1.38 bits per heavy atom. The predicted molar refractivity (Wildman–Crippen MR) is 97.3 cm³/mol. The van der Waals surface area contributed by atoms with Gasteiger partial charge in [0.2, 0.25) is 0 Å². The molecule has 4 rings (SSSR count). The Bertz CT molecular complexity index is 852. The van der Waals surface area contributed by atoms with Crippen molar-refractivity contribution in [3.8, 4) is 11.4 Å². The van der Waals surface area contributed by atoms with E-state index in [1.165, 1.54) is 0 Å². The minimum atomic E-state index is -0.135. The van der Waals surface area contributed by atoms with Gasteiger partial charge >= 0.3 is 0 Å². The zero-order valence-corrected chi connectivity index (χ0v) is 15.4. The van der Waals surface area contributed by atoms with E-state index in [-0.39, 0.29) is 23.3 Å². The SMILES string of the molecule is Cc1nc(-c2cccnc2)ncc1C(=O)N1C[C@@H]2C(C)(C)C[C@]2(CO)C1. The second kappa shape index (κ2) is 5.84. The molecule has 3 heterocycles. The number of carbonyl (C=O) groups excluding carboxylic acids is 1. The number of likely N-dealkylation sites (tertiary alicyclic amines) is 1. The Labute approximate surface area is 153 Å². The van der Waals surface area contributed by atoms with E-state index in [4.69, 9.17) is 0 Å². The number of aliphatic hydroxyl groups is 1. The first-order chi connectivity index (χ1) is 12.4. The molecule has 0 bridgehead atoms. The van der Waals surface area contributed by atoms with Gasteiger partial charge in [0.1, 0.15) is 0 Å². The number of aliphatic hydroxyl groups excluding tert-OH is 1. The fraction of sp³-hybridized carbons (Fsp3) is 0.500. The van der Waals surface area contributed by atoms with Crippen LogP contribution >= 0.6 is 0 Å². The number of carbonyl (C=O) groups is 1. The van der Waals surface area contributed by atoms with E-state index in [1.54, 1.807) is 18.6 Å². The largest absolute Gasteiger partial charge is 0.396 e. The summed E-state index contributed by atoms with van der Waals surface area (Å²) in [5.74, 6) is 0.875. The van der Waals surface area contributed by atoms with Crippen molar-refractivity contribution in [2.75, 3.05) is 19.7 Å². The molecule has 1 aliphatic carbocycles. The Morgan fingerprint density at radius 3 is 2.77 bits per heavy atom. The molecular formula is C20H24N4O2. The minimum Gasteiger partial charge on any atom is -0.396 e. The van der Waals surface area contributed by atoms with E-state index in [9.17, 15) is 9.90 Å². The molecule has 0 unspecified atom stereocenters. The molecule has 0 spiro atoms. The highest BCUT2D eigenvalue weighted by atomic mass is 16.3. The first kappa shape index (κ1) is 17.1. The number of rotatable bonds is 3. The molecule has 136 valence electrons. The number of aryl methyl sites for hydroxylation is 1. The van der Waals surface area contributed by atoms with Gasteiger partial charge < -0.3 is 10.0 Å². The topological polar surface area (TPSA) is 79.2 Å². The summed E-state index contributed by atoms with van der Waals surface area (Å²) in [5.41, 5.74) is 2.07. The van der Waals surface area contributed by atoms with Crippen LogP contribution in [0.4, 0.5) is 0 Å². The molecule has 2 aromatic rings. The zero-order chi connectivity index (χ0) is 18.5. The summed E-state index contributed by atoms with van der Waals surface area (Å²) in [4.78, 5) is 27.9. The number of amides is 1. The van der Waals surface area contributed by atoms with Crippen molar-refractivity contribution in [1.82, 2.24) is 19.9 Å². The van der Waals surface area contributed by atoms with E-state index in [2.05, 4.69) is 28.8 Å². The van der Waals surface area contributed by atoms with Gasteiger partial charge in [0.05, 0.1) is 17.9 Å². The van der Waals surface area contributed by atoms with Crippen LogP contribution in [0.3, 0.4) is 0 Å². The third kappa shape index (κ3) is 2.51. The van der Waals surface area contributed by atoms with Gasteiger partial charge in [0.25, 0.3) is 5.91 Å². The van der Waals surface area contributed by atoms with Gasteiger partial charge in [-0.2, -0.15) is 0 Å². The molecule has 2 fully saturated rings. The van der Waals surface area contributed by atoms with Crippen molar-refractivity contribution in [2.45, 2.75) is 27.2 Å². The standard InChI is InChI=1S/C20H24N4O2/c1-13-15(8-22-17(23-13)14-5-4-6-21-7-14)18(26)24-9-16-19(2,3)10-20(16,11-24)12-25/h4-8,16,25H,9-12H2,1-3H3/t16-,20-/m1/s1. The van der Waals surface area contributed by atoms with Crippen molar-refractivity contribution in [1.29, 1.82) is 0 Å². The molecule has 1 amide bonds. The molecule has 1 saturated heterocycles. The van der Waals surface area contributed by atoms with Gasteiger partial charge in [0, 0.05) is 42.7 Å². The summed E-state index contributed by atoms with van der Waals surface area (Å²) in [5, 5.41) is 9.90. The summed E-state index contributed by atoms with van der Waals surface area (Å²) in [6, 6.07) is 3.73. The van der Waals surface area contributed by atoms with Crippen LogP contribution in [0.15, 0.2) is 30.7 Å². The maximum Gasteiger partial charge on any atom is 0.257 e. The lowest BCUT2D eigenvalue weighted by Gasteiger charge is -2.55. The predicted octanol–water partition coefficient (Wildman–Crippen LogP) is 2.33. The van der Waals surface area contributed by atoms with Crippen LogP contribution in [-0.2, 0) is 0 Å². The van der Waals surface area contributed by atoms with Gasteiger partial charge in [0.15, 0.2) is 5.82 Å². The van der Waals surface area contributed by atoms with Gasteiger partial charge in [-0.1, -0.05) is 13.8 Å². The molecule has 2 aliphatic rings. The van der Waals surface area contributed by atoms with Crippen LogP contribution in [0.5, 0.6) is 0 Å². The quantitative estimate of drug-likeness (QED) is 0.917. The van der Waals surface area contributed by atoms with E-state index in [0.717, 1.165) is 12.0 Å². The second-order valence-electron chi connectivity index (χ2n) is 8.36. The average Bonchev–Trinajstić information content (AvgIpc) is 2.97. The van der Waals surface area contributed by atoms with Gasteiger partial charge in [-0.05, 0) is 36.8 Å². The molecule has 6 heteroatoms. The number of hydrogen-bond acceptors (Lipinski definition) is 5. The van der Waals surface area contributed by atoms with E-state index in [0.29, 0.717) is 36.1 Å². The Kier molecular flexibility index (Phi) is 3.84. The molecule has 6 nitrogen and oxygen atoms in total. The smallest absolute Gasteiger partial charge is 0.257 e. The lowest BCUT2D eigenvalue weighted by molar-refractivity contribution is -0.0977. The van der Waals surface area contributed by atoms with Crippen molar-refractivity contribution in [2.24, 2.45) is 16.7 Å². The minimum absolute atomic E-state index is 0.0433. The van der Waals surface area contributed by atoms with Gasteiger partial charge in [-0.3, -0.25) is 9.78 Å². The molecule has 2 aromatic heterocycles. The lowest BCUT2D eigenvalue weighted by Crippen LogP contribution is -2.54. The van der Waals surface area contributed by atoms with Crippen LogP contribution < -0.4 is 0 Å². The molecule has 2 atom stereocenters. The summed E-state index contributed by atoms with van der Waals surface area (Å²) in [6.45, 7) is 7.72. The van der Waals surface area contributed by atoms with Gasteiger partial charge in [-0.25, -0.2) is 9.97 Å². The van der Waals surface area contributed by atoms with E-state index >= 15 is 0 Å². The highest BCUT2D eigenvalue weighted by molar-refractivity contribution is 5.95. The van der Waals surface area contributed by atoms with Crippen LogP contribution in [0, 0.1) is 23.7 Å². The highest BCUT2D eigenvalue weighted by Gasteiger charge is 2.63. The van der Waals surface area contributed by atoms with Crippen LogP contribution in [0.25, 0.3) is 11.4 Å². The maximum absolute atomic E-state index is 13.1. The van der Waals surface area contributed by atoms with Crippen molar-refractivity contribution in [3.05, 3.63) is 42.0 Å². The summed E-state index contributed by atoms with van der Waals surface area (Å²) in [6.07, 6.45) is 5.99.